The van der Waals surface area contributed by atoms with Crippen molar-refractivity contribution in [3.8, 4) is 0 Å². The van der Waals surface area contributed by atoms with Crippen LogP contribution in [0.3, 0.4) is 0 Å². The number of isocyanates is 1. The van der Waals surface area contributed by atoms with Gasteiger partial charge in [0.05, 0.1) is 5.54 Å². The first kappa shape index (κ1) is 20.9. The summed E-state index contributed by atoms with van der Waals surface area (Å²) < 4.78 is 8.28. The van der Waals surface area contributed by atoms with Gasteiger partial charge in [-0.15, -0.1) is 0 Å². The Labute approximate surface area is 168 Å². The van der Waals surface area contributed by atoms with Gasteiger partial charge in [0.25, 0.3) is 0 Å². The summed E-state index contributed by atoms with van der Waals surface area (Å²) in [5, 5.41) is 4.53. The number of piperidine rings is 1. The molecule has 0 bridgehead atoms. The number of carbonyl (C=O) groups is 1. The molecule has 1 aromatic heterocycles. The molecule has 2 rings (SSSR count). The fourth-order valence-corrected chi connectivity index (χ4v) is 3.58. The fraction of sp³-hybridized carbons (Fsp3) is 0.722. The summed E-state index contributed by atoms with van der Waals surface area (Å²) in [5.41, 5.74) is 0.0168. The van der Waals surface area contributed by atoms with Crippen molar-refractivity contribution < 1.29 is 14.3 Å². The number of hydrogen-bond donors (Lipinski definition) is 0. The van der Waals surface area contributed by atoms with Crippen molar-refractivity contribution >= 4 is 34.8 Å². The molecule has 0 aliphatic carbocycles. The zero-order chi connectivity index (χ0) is 19.5. The predicted molar refractivity (Wildman–Crippen MR) is 107 cm³/mol. The Bertz CT molecular complexity index is 694. The van der Waals surface area contributed by atoms with Crippen LogP contribution >= 0.6 is 22.6 Å². The molecule has 1 fully saturated rings. The van der Waals surface area contributed by atoms with Crippen LogP contribution in [0, 0.1) is 3.70 Å². The third kappa shape index (κ3) is 5.30. The van der Waals surface area contributed by atoms with E-state index in [0.717, 1.165) is 9.26 Å². The molecule has 0 aromatic carbocycles. The van der Waals surface area contributed by atoms with Crippen molar-refractivity contribution in [3.63, 3.8) is 0 Å². The van der Waals surface area contributed by atoms with Gasteiger partial charge in [-0.1, -0.05) is 0 Å². The van der Waals surface area contributed by atoms with Crippen molar-refractivity contribution in [2.45, 2.75) is 71.1 Å². The van der Waals surface area contributed by atoms with Crippen LogP contribution in [0.2, 0.25) is 0 Å². The molecule has 2 heterocycles. The van der Waals surface area contributed by atoms with E-state index in [-0.39, 0.29) is 12.1 Å². The standard InChI is InChI=1S/C18H27IN4O3/c1-13(2)23-11-14(15(19)21-23)10-18(20-12-24)6-8-22(9-7-18)16(25)26-17(3,4)5/h11,13H,6-10H2,1-5H3. The second kappa shape index (κ2) is 8.08. The van der Waals surface area contributed by atoms with E-state index in [9.17, 15) is 9.59 Å². The Morgan fingerprint density at radius 2 is 2.04 bits per heavy atom. The molecule has 0 spiro atoms. The van der Waals surface area contributed by atoms with E-state index in [1.54, 1.807) is 11.0 Å². The molecule has 1 amide bonds. The topological polar surface area (TPSA) is 76.8 Å². The highest BCUT2D eigenvalue weighted by Gasteiger charge is 2.38. The van der Waals surface area contributed by atoms with Crippen LogP contribution in [0.4, 0.5) is 4.79 Å². The predicted octanol–water partition coefficient (Wildman–Crippen LogP) is 3.72. The van der Waals surface area contributed by atoms with Crippen molar-refractivity contribution in [2.24, 2.45) is 4.99 Å². The number of likely N-dealkylation sites (tertiary alicyclic amines) is 1. The molecular weight excluding hydrogens is 447 g/mol. The maximum absolute atomic E-state index is 12.3. The van der Waals surface area contributed by atoms with Gasteiger partial charge in [0, 0.05) is 37.3 Å². The van der Waals surface area contributed by atoms with Crippen LogP contribution < -0.4 is 0 Å². The minimum Gasteiger partial charge on any atom is -0.444 e. The monoisotopic (exact) mass is 474 g/mol. The average molecular weight is 474 g/mol. The van der Waals surface area contributed by atoms with Crippen molar-refractivity contribution in [1.82, 2.24) is 14.7 Å². The van der Waals surface area contributed by atoms with Gasteiger partial charge in [-0.2, -0.15) is 10.1 Å². The van der Waals surface area contributed by atoms with Gasteiger partial charge in [0.15, 0.2) is 0 Å². The number of carbonyl (C=O) groups excluding carboxylic acids is 2. The maximum atomic E-state index is 12.3. The fourth-order valence-electron chi connectivity index (χ4n) is 3.00. The van der Waals surface area contributed by atoms with Crippen LogP contribution in [0.5, 0.6) is 0 Å². The molecule has 8 heteroatoms. The minimum atomic E-state index is -0.537. The minimum absolute atomic E-state index is 0.275. The summed E-state index contributed by atoms with van der Waals surface area (Å²) >= 11 is 2.22. The van der Waals surface area contributed by atoms with E-state index in [0.29, 0.717) is 32.4 Å². The van der Waals surface area contributed by atoms with Crippen LogP contribution in [0.15, 0.2) is 11.2 Å². The number of ether oxygens (including phenoxy) is 1. The van der Waals surface area contributed by atoms with Crippen LogP contribution in [-0.2, 0) is 16.0 Å². The van der Waals surface area contributed by atoms with Gasteiger partial charge in [0.1, 0.15) is 9.30 Å². The van der Waals surface area contributed by atoms with Gasteiger partial charge >= 0.3 is 6.09 Å². The summed E-state index contributed by atoms with van der Waals surface area (Å²) in [6.45, 7) is 10.7. The van der Waals surface area contributed by atoms with Gasteiger partial charge in [-0.05, 0) is 70.1 Å². The Kier molecular flexibility index (Phi) is 6.50. The largest absolute Gasteiger partial charge is 0.444 e. The molecule has 0 radical (unpaired) electrons. The van der Waals surface area contributed by atoms with Crippen molar-refractivity contribution in [3.05, 3.63) is 15.5 Å². The lowest BCUT2D eigenvalue weighted by Gasteiger charge is -2.38. The van der Waals surface area contributed by atoms with Crippen LogP contribution in [0.1, 0.15) is 59.1 Å². The SMILES string of the molecule is CC(C)n1cc(CC2(N=C=O)CCN(C(=O)OC(C)(C)C)CC2)c(I)n1. The molecule has 1 aliphatic rings. The van der Waals surface area contributed by atoms with Crippen LogP contribution in [0.25, 0.3) is 0 Å². The third-order valence-electron chi connectivity index (χ3n) is 4.43. The maximum Gasteiger partial charge on any atom is 0.410 e. The summed E-state index contributed by atoms with van der Waals surface area (Å²) in [5.74, 6) is 0. The summed E-state index contributed by atoms with van der Waals surface area (Å²) in [6, 6.07) is 0.275. The molecule has 0 atom stereocenters. The Hall–Kier alpha value is -1.41. The normalized spacial score (nSPS) is 17.1. The number of amides is 1. The van der Waals surface area contributed by atoms with E-state index < -0.39 is 11.1 Å². The molecule has 26 heavy (non-hydrogen) atoms. The van der Waals surface area contributed by atoms with Gasteiger partial charge in [-0.25, -0.2) is 9.59 Å². The number of nitrogens with zero attached hydrogens (tertiary/aromatic N) is 4. The van der Waals surface area contributed by atoms with E-state index in [2.05, 4.69) is 46.5 Å². The lowest BCUT2D eigenvalue weighted by molar-refractivity contribution is 0.0170. The highest BCUT2D eigenvalue weighted by Crippen LogP contribution is 2.32. The quantitative estimate of drug-likeness (QED) is 0.379. The smallest absolute Gasteiger partial charge is 0.410 e. The van der Waals surface area contributed by atoms with Gasteiger partial charge in [-0.3, -0.25) is 4.68 Å². The molecule has 0 unspecified atom stereocenters. The lowest BCUT2D eigenvalue weighted by Crippen LogP contribution is -2.48. The first-order valence-corrected chi connectivity index (χ1v) is 9.94. The lowest BCUT2D eigenvalue weighted by atomic mass is 9.83. The van der Waals surface area contributed by atoms with Crippen LogP contribution in [-0.4, -0.2) is 51.1 Å². The van der Waals surface area contributed by atoms with E-state index in [1.807, 2.05) is 31.6 Å². The molecule has 1 aromatic rings. The number of hydrogen-bond acceptors (Lipinski definition) is 5. The second-order valence-electron chi connectivity index (χ2n) is 8.09. The van der Waals surface area contributed by atoms with E-state index >= 15 is 0 Å². The van der Waals surface area contributed by atoms with Gasteiger partial charge < -0.3 is 9.64 Å². The molecule has 1 aliphatic heterocycles. The Balaban J connectivity index is 2.11. The summed E-state index contributed by atoms with van der Waals surface area (Å²) in [7, 11) is 0. The van der Waals surface area contributed by atoms with E-state index in [4.69, 9.17) is 4.74 Å². The first-order valence-electron chi connectivity index (χ1n) is 8.86. The number of rotatable bonds is 4. The summed E-state index contributed by atoms with van der Waals surface area (Å²) in [4.78, 5) is 29.1. The number of halogens is 1. The third-order valence-corrected chi connectivity index (χ3v) is 5.34. The van der Waals surface area contributed by atoms with Crippen molar-refractivity contribution in [2.75, 3.05) is 13.1 Å². The zero-order valence-electron chi connectivity index (χ0n) is 16.1. The first-order chi connectivity index (χ1) is 12.1. The molecule has 0 N–H and O–H groups in total. The number of aromatic nitrogens is 2. The molecule has 144 valence electrons. The Morgan fingerprint density at radius 1 is 1.42 bits per heavy atom. The zero-order valence-corrected chi connectivity index (χ0v) is 18.2. The molecule has 1 saturated heterocycles. The Morgan fingerprint density at radius 3 is 2.50 bits per heavy atom. The molecule has 0 saturated carbocycles. The molecule has 7 nitrogen and oxygen atoms in total. The van der Waals surface area contributed by atoms with Gasteiger partial charge in [0.2, 0.25) is 6.08 Å². The van der Waals surface area contributed by atoms with Crippen molar-refractivity contribution in [1.29, 1.82) is 0 Å². The molecular formula is C18H27IN4O3. The number of aliphatic imine (C=N–C) groups is 1. The summed E-state index contributed by atoms with van der Waals surface area (Å²) in [6.07, 6.45) is 5.27. The average Bonchev–Trinajstić information content (AvgIpc) is 2.87. The second-order valence-corrected chi connectivity index (χ2v) is 9.11. The highest BCUT2D eigenvalue weighted by molar-refractivity contribution is 14.1. The highest BCUT2D eigenvalue weighted by atomic mass is 127. The van der Waals surface area contributed by atoms with E-state index in [1.165, 1.54) is 0 Å².